The lowest BCUT2D eigenvalue weighted by atomic mass is 9.76. The number of carbonyl (C=O) groups is 1. The number of anilines is 1. The topological polar surface area (TPSA) is 67.6 Å². The molecule has 3 aromatic carbocycles. The molecule has 0 saturated carbocycles. The van der Waals surface area contributed by atoms with Gasteiger partial charge in [0.25, 0.3) is 0 Å². The molecule has 5 rings (SSSR count). The van der Waals surface area contributed by atoms with E-state index in [1.807, 2.05) is 60.7 Å². The van der Waals surface area contributed by atoms with Crippen LogP contribution in [-0.2, 0) is 22.1 Å². The molecule has 0 spiro atoms. The first-order chi connectivity index (χ1) is 18.3. The van der Waals surface area contributed by atoms with Gasteiger partial charge in [-0.15, -0.1) is 0 Å². The number of rotatable bonds is 7. The summed E-state index contributed by atoms with van der Waals surface area (Å²) >= 11 is 0. The van der Waals surface area contributed by atoms with Gasteiger partial charge in [-0.3, -0.25) is 4.79 Å². The molecule has 0 aromatic heterocycles. The van der Waals surface area contributed by atoms with Crippen LogP contribution in [0.3, 0.4) is 0 Å². The Labute approximate surface area is 220 Å². The molecule has 4 atom stereocenters. The van der Waals surface area contributed by atoms with Crippen LogP contribution in [0.1, 0.15) is 47.2 Å². The van der Waals surface area contributed by atoms with Crippen LogP contribution in [0, 0.1) is 5.92 Å². The van der Waals surface area contributed by atoms with Gasteiger partial charge < -0.3 is 20.7 Å². The molecule has 2 aliphatic heterocycles. The summed E-state index contributed by atoms with van der Waals surface area (Å²) in [5, 5.41) is 3.48. The number of halogens is 3. The molecule has 5 nitrogen and oxygen atoms in total. The Kier molecular flexibility index (Phi) is 7.72. The highest BCUT2D eigenvalue weighted by Crippen LogP contribution is 2.51. The Hall–Kier alpha value is -3.36. The highest BCUT2D eigenvalue weighted by Gasteiger charge is 2.44. The van der Waals surface area contributed by atoms with Crippen molar-refractivity contribution in [2.45, 2.75) is 43.7 Å². The van der Waals surface area contributed by atoms with Gasteiger partial charge in [0.1, 0.15) is 0 Å². The molecule has 3 aromatic rings. The van der Waals surface area contributed by atoms with Crippen molar-refractivity contribution in [2.24, 2.45) is 11.7 Å². The van der Waals surface area contributed by atoms with E-state index in [1.165, 1.54) is 12.1 Å². The van der Waals surface area contributed by atoms with Crippen molar-refractivity contribution in [1.29, 1.82) is 0 Å². The van der Waals surface area contributed by atoms with Crippen LogP contribution < -0.4 is 11.1 Å². The number of ether oxygens (including phenoxy) is 1. The molecule has 0 unspecified atom stereocenters. The number of amides is 1. The van der Waals surface area contributed by atoms with Crippen molar-refractivity contribution in [3.05, 3.63) is 101 Å². The molecule has 0 radical (unpaired) electrons. The van der Waals surface area contributed by atoms with E-state index in [0.29, 0.717) is 37.3 Å². The quantitative estimate of drug-likeness (QED) is 0.415. The summed E-state index contributed by atoms with van der Waals surface area (Å²) in [6.45, 7) is 1.06. The molecule has 2 heterocycles. The smallest absolute Gasteiger partial charge is 0.378 e. The van der Waals surface area contributed by atoms with Crippen LogP contribution in [0.4, 0.5) is 18.9 Å². The Morgan fingerprint density at radius 1 is 1.00 bits per heavy atom. The van der Waals surface area contributed by atoms with Gasteiger partial charge in [-0.2, -0.15) is 13.2 Å². The average Bonchev–Trinajstić information content (AvgIpc) is 2.92. The van der Waals surface area contributed by atoms with Crippen LogP contribution in [-0.4, -0.2) is 36.5 Å². The predicted molar refractivity (Wildman–Crippen MR) is 140 cm³/mol. The molecular formula is C30H32F3N3O2. The predicted octanol–water partition coefficient (Wildman–Crippen LogP) is 5.74. The van der Waals surface area contributed by atoms with Gasteiger partial charge in [-0.05, 0) is 42.2 Å². The molecule has 200 valence electrons. The summed E-state index contributed by atoms with van der Waals surface area (Å²) in [6.07, 6.45) is -3.57. The molecule has 38 heavy (non-hydrogen) atoms. The average molecular weight is 524 g/mol. The zero-order valence-electron chi connectivity index (χ0n) is 21.0. The van der Waals surface area contributed by atoms with Crippen LogP contribution in [0.25, 0.3) is 0 Å². The molecule has 1 amide bonds. The summed E-state index contributed by atoms with van der Waals surface area (Å²) in [6, 6.07) is 23.2. The second-order valence-electron chi connectivity index (χ2n) is 10.0. The number of carbonyl (C=O) groups excluding carboxylic acids is 1. The normalized spacial score (nSPS) is 22.6. The number of hydrogen-bond donors (Lipinski definition) is 2. The fraction of sp³-hybridized carbons (Fsp3) is 0.367. The zero-order valence-corrected chi connectivity index (χ0v) is 21.0. The number of nitrogens with one attached hydrogen (secondary N) is 1. The summed E-state index contributed by atoms with van der Waals surface area (Å²) < 4.78 is 47.4. The third-order valence-corrected chi connectivity index (χ3v) is 7.51. The highest BCUT2D eigenvalue weighted by atomic mass is 19.4. The van der Waals surface area contributed by atoms with Gasteiger partial charge in [0.05, 0.1) is 30.2 Å². The fourth-order valence-electron chi connectivity index (χ4n) is 5.66. The van der Waals surface area contributed by atoms with Crippen molar-refractivity contribution < 1.29 is 22.7 Å². The SMILES string of the molecule is NCCN(C[C@H]1CC[C@@H]2[C@H](O1)c1cc(C(F)(F)F)ccc1N[C@H]2c1ccccc1)C(=O)Cc1ccccc1. The van der Waals surface area contributed by atoms with Crippen LogP contribution in [0.2, 0.25) is 0 Å². The van der Waals surface area contributed by atoms with Crippen LogP contribution >= 0.6 is 0 Å². The van der Waals surface area contributed by atoms with E-state index >= 15 is 0 Å². The lowest BCUT2D eigenvalue weighted by Gasteiger charge is -2.46. The van der Waals surface area contributed by atoms with Crippen LogP contribution in [0.5, 0.6) is 0 Å². The van der Waals surface area contributed by atoms with E-state index in [1.54, 1.807) is 4.90 Å². The van der Waals surface area contributed by atoms with E-state index in [-0.39, 0.29) is 30.4 Å². The second-order valence-corrected chi connectivity index (χ2v) is 10.0. The maximum Gasteiger partial charge on any atom is 0.416 e. The molecule has 2 aliphatic rings. The first kappa shape index (κ1) is 26.3. The Morgan fingerprint density at radius 3 is 2.39 bits per heavy atom. The summed E-state index contributed by atoms with van der Waals surface area (Å²) in [7, 11) is 0. The monoisotopic (exact) mass is 523 g/mol. The maximum absolute atomic E-state index is 13.6. The lowest BCUT2D eigenvalue weighted by molar-refractivity contribution is -0.140. The van der Waals surface area contributed by atoms with E-state index in [0.717, 1.165) is 23.6 Å². The number of hydrogen-bond acceptors (Lipinski definition) is 4. The number of nitrogens with zero attached hydrogens (tertiary/aromatic N) is 1. The Bertz CT molecular complexity index is 1240. The number of benzene rings is 3. The van der Waals surface area contributed by atoms with Gasteiger partial charge >= 0.3 is 6.18 Å². The van der Waals surface area contributed by atoms with Gasteiger partial charge in [-0.1, -0.05) is 60.7 Å². The Morgan fingerprint density at radius 2 is 1.71 bits per heavy atom. The van der Waals surface area contributed by atoms with Crippen molar-refractivity contribution in [3.8, 4) is 0 Å². The van der Waals surface area contributed by atoms with Gasteiger partial charge in [0.2, 0.25) is 5.91 Å². The first-order valence-electron chi connectivity index (χ1n) is 13.0. The minimum Gasteiger partial charge on any atom is -0.378 e. The maximum atomic E-state index is 13.6. The van der Waals surface area contributed by atoms with Crippen LogP contribution in [0.15, 0.2) is 78.9 Å². The van der Waals surface area contributed by atoms with E-state index < -0.39 is 17.8 Å². The number of nitrogens with two attached hydrogens (primary N) is 1. The highest BCUT2D eigenvalue weighted by molar-refractivity contribution is 5.78. The molecule has 3 N–H and O–H groups in total. The third kappa shape index (κ3) is 5.71. The minimum atomic E-state index is -4.45. The first-order valence-corrected chi connectivity index (χ1v) is 13.0. The van der Waals surface area contributed by atoms with E-state index in [9.17, 15) is 18.0 Å². The van der Waals surface area contributed by atoms with Crippen molar-refractivity contribution in [3.63, 3.8) is 0 Å². The molecule has 1 saturated heterocycles. The summed E-state index contributed by atoms with van der Waals surface area (Å²) in [5.74, 6) is -0.0905. The zero-order chi connectivity index (χ0) is 26.7. The van der Waals surface area contributed by atoms with Crippen molar-refractivity contribution >= 4 is 11.6 Å². The largest absolute Gasteiger partial charge is 0.416 e. The standard InChI is InChI=1S/C30H32F3N3O2/c31-30(32,33)22-11-14-26-25(18-22)29-24(28(35-26)21-9-5-2-6-10-21)13-12-23(38-29)19-36(16-15-34)27(37)17-20-7-3-1-4-8-20/h1-11,14,18,23-24,28-29,35H,12-13,15-17,19,34H2/t23-,24+,28+,29+/m1/s1. The second kappa shape index (κ2) is 11.2. The molecule has 0 bridgehead atoms. The third-order valence-electron chi connectivity index (χ3n) is 7.51. The van der Waals surface area contributed by atoms with E-state index in [4.69, 9.17) is 10.5 Å². The molecule has 1 fully saturated rings. The van der Waals surface area contributed by atoms with Crippen molar-refractivity contribution in [2.75, 3.05) is 25.0 Å². The fourth-order valence-corrected chi connectivity index (χ4v) is 5.66. The van der Waals surface area contributed by atoms with Crippen molar-refractivity contribution in [1.82, 2.24) is 4.90 Å². The Balaban J connectivity index is 1.40. The summed E-state index contributed by atoms with van der Waals surface area (Å²) in [4.78, 5) is 14.9. The van der Waals surface area contributed by atoms with Gasteiger partial charge in [0, 0.05) is 36.8 Å². The molecule has 8 heteroatoms. The summed E-state index contributed by atoms with van der Waals surface area (Å²) in [5.41, 5.74) is 8.28. The number of fused-ring (bicyclic) bond motifs is 3. The molecular weight excluding hydrogens is 491 g/mol. The van der Waals surface area contributed by atoms with Gasteiger partial charge in [-0.25, -0.2) is 0 Å². The van der Waals surface area contributed by atoms with Gasteiger partial charge in [0.15, 0.2) is 0 Å². The molecule has 0 aliphatic carbocycles. The lowest BCUT2D eigenvalue weighted by Crippen LogP contribution is -2.46. The van der Waals surface area contributed by atoms with E-state index in [2.05, 4.69) is 5.32 Å². The minimum absolute atomic E-state index is 0.0420. The number of alkyl halides is 3.